The van der Waals surface area contributed by atoms with Gasteiger partial charge < -0.3 is 0 Å². The third-order valence-electron chi connectivity index (χ3n) is 3.44. The van der Waals surface area contributed by atoms with E-state index in [9.17, 15) is 0 Å². The van der Waals surface area contributed by atoms with Crippen LogP contribution in [-0.4, -0.2) is 0 Å². The first-order valence-electron chi connectivity index (χ1n) is 7.51. The molecule has 0 bridgehead atoms. The molecule has 0 heteroatoms. The van der Waals surface area contributed by atoms with Crippen molar-refractivity contribution in [1.29, 1.82) is 0 Å². The van der Waals surface area contributed by atoms with E-state index in [1.54, 1.807) is 0 Å². The van der Waals surface area contributed by atoms with Crippen LogP contribution >= 0.6 is 0 Å². The topological polar surface area (TPSA) is 0 Å². The molecule has 1 aromatic carbocycles. The van der Waals surface area contributed by atoms with E-state index in [1.165, 1.54) is 56.9 Å². The summed E-state index contributed by atoms with van der Waals surface area (Å²) in [6.45, 7) is 8.36. The van der Waals surface area contributed by atoms with Gasteiger partial charge in [-0.25, -0.2) is 0 Å². The fourth-order valence-electron chi connectivity index (χ4n) is 2.25. The van der Waals surface area contributed by atoms with Crippen LogP contribution < -0.4 is 0 Å². The van der Waals surface area contributed by atoms with Gasteiger partial charge in [-0.2, -0.15) is 0 Å². The number of rotatable bonds is 10. The van der Waals surface area contributed by atoms with E-state index in [0.717, 1.165) is 12.0 Å². The summed E-state index contributed by atoms with van der Waals surface area (Å²) in [6, 6.07) is 10.3. The molecule has 1 rings (SSSR count). The van der Waals surface area contributed by atoms with Gasteiger partial charge in [0.25, 0.3) is 0 Å². The van der Waals surface area contributed by atoms with Crippen LogP contribution in [0.25, 0.3) is 5.57 Å². The van der Waals surface area contributed by atoms with Gasteiger partial charge in [0.05, 0.1) is 0 Å². The second-order valence-electron chi connectivity index (χ2n) is 5.12. The van der Waals surface area contributed by atoms with E-state index in [0.29, 0.717) is 0 Å². The maximum atomic E-state index is 6.09. The molecule has 18 heavy (non-hydrogen) atoms. The Morgan fingerprint density at radius 3 is 2.00 bits per heavy atom. The smallest absolute Gasteiger partial charge is 0.0225 e. The van der Waals surface area contributed by atoms with Gasteiger partial charge in [-0.15, -0.1) is 0 Å². The minimum atomic E-state index is 1.04. The lowest BCUT2D eigenvalue weighted by Gasteiger charge is -2.05. The molecule has 1 aromatic rings. The Hall–Kier alpha value is -1.04. The quantitative estimate of drug-likeness (QED) is 0.440. The molecule has 0 amide bonds. The van der Waals surface area contributed by atoms with E-state index in [4.69, 9.17) is 6.58 Å². The molecule has 0 unspecified atom stereocenters. The molecule has 0 aliphatic rings. The second-order valence-corrected chi connectivity index (χ2v) is 5.12. The SMILES string of the molecule is [CH]=C(CCCCCCCCCC)c1ccccc1. The highest BCUT2D eigenvalue weighted by Crippen LogP contribution is 2.19. The number of benzene rings is 1. The Labute approximate surface area is 113 Å². The van der Waals surface area contributed by atoms with Gasteiger partial charge in [0.15, 0.2) is 0 Å². The molecule has 0 aliphatic heterocycles. The molecule has 0 aliphatic carbocycles. The zero-order chi connectivity index (χ0) is 13.1. The summed E-state index contributed by atoms with van der Waals surface area (Å²) in [5.41, 5.74) is 2.24. The van der Waals surface area contributed by atoms with E-state index >= 15 is 0 Å². The standard InChI is InChI=1S/C18H27/c1-3-4-5-6-7-8-9-11-14-17(2)18-15-12-10-13-16-18/h2,10,12-13,15-16H,3-9,11,14H2,1H3. The Kier molecular flexibility index (Phi) is 8.29. The van der Waals surface area contributed by atoms with Crippen molar-refractivity contribution in [3.05, 3.63) is 42.5 Å². The van der Waals surface area contributed by atoms with Crippen LogP contribution in [-0.2, 0) is 0 Å². The van der Waals surface area contributed by atoms with Crippen molar-refractivity contribution in [3.63, 3.8) is 0 Å². The van der Waals surface area contributed by atoms with Crippen molar-refractivity contribution in [2.24, 2.45) is 0 Å². The summed E-state index contributed by atoms with van der Waals surface area (Å²) >= 11 is 0. The monoisotopic (exact) mass is 243 g/mol. The normalized spacial score (nSPS) is 10.5. The van der Waals surface area contributed by atoms with E-state index < -0.39 is 0 Å². The van der Waals surface area contributed by atoms with Gasteiger partial charge in [0, 0.05) is 0 Å². The molecule has 0 saturated heterocycles. The molecule has 0 atom stereocenters. The number of hydrogen-bond donors (Lipinski definition) is 0. The first kappa shape index (κ1) is 15.0. The molecular weight excluding hydrogens is 216 g/mol. The first-order valence-corrected chi connectivity index (χ1v) is 7.51. The summed E-state index contributed by atoms with van der Waals surface area (Å²) in [4.78, 5) is 0. The van der Waals surface area contributed by atoms with Crippen LogP contribution in [0, 0.1) is 6.58 Å². The number of unbranched alkanes of at least 4 members (excludes halogenated alkanes) is 7. The minimum absolute atomic E-state index is 1.04. The van der Waals surface area contributed by atoms with Gasteiger partial charge in [0.2, 0.25) is 0 Å². The zero-order valence-corrected chi connectivity index (χ0v) is 11.8. The maximum absolute atomic E-state index is 6.09. The number of allylic oxidation sites excluding steroid dienone is 1. The average molecular weight is 243 g/mol. The Morgan fingerprint density at radius 1 is 0.833 bits per heavy atom. The summed E-state index contributed by atoms with van der Waals surface area (Å²) < 4.78 is 0. The summed E-state index contributed by atoms with van der Waals surface area (Å²) in [7, 11) is 0. The minimum Gasteiger partial charge on any atom is -0.0654 e. The van der Waals surface area contributed by atoms with Gasteiger partial charge in [-0.05, 0) is 24.0 Å². The van der Waals surface area contributed by atoms with Gasteiger partial charge in [-0.1, -0.05) is 88.8 Å². The van der Waals surface area contributed by atoms with Crippen molar-refractivity contribution < 1.29 is 0 Å². The largest absolute Gasteiger partial charge is 0.0654 e. The van der Waals surface area contributed by atoms with Gasteiger partial charge >= 0.3 is 0 Å². The van der Waals surface area contributed by atoms with E-state index in [-0.39, 0.29) is 0 Å². The van der Waals surface area contributed by atoms with Crippen molar-refractivity contribution in [3.8, 4) is 0 Å². The number of hydrogen-bond acceptors (Lipinski definition) is 0. The molecular formula is C18H27. The third-order valence-corrected chi connectivity index (χ3v) is 3.44. The molecule has 99 valence electrons. The highest BCUT2D eigenvalue weighted by Gasteiger charge is 1.98. The van der Waals surface area contributed by atoms with E-state index in [2.05, 4.69) is 31.2 Å². The Balaban J connectivity index is 2.00. The lowest BCUT2D eigenvalue weighted by molar-refractivity contribution is 0.579. The fourth-order valence-corrected chi connectivity index (χ4v) is 2.25. The van der Waals surface area contributed by atoms with E-state index in [1.807, 2.05) is 6.07 Å². The van der Waals surface area contributed by atoms with Crippen LogP contribution in [0.1, 0.15) is 70.3 Å². The lowest BCUT2D eigenvalue weighted by atomic mass is 10.0. The van der Waals surface area contributed by atoms with Crippen LogP contribution in [0.2, 0.25) is 0 Å². The zero-order valence-electron chi connectivity index (χ0n) is 11.8. The predicted octanol–water partition coefficient (Wildman–Crippen LogP) is 6.03. The molecule has 0 aromatic heterocycles. The van der Waals surface area contributed by atoms with Crippen LogP contribution in [0.15, 0.2) is 30.3 Å². The highest BCUT2D eigenvalue weighted by molar-refractivity contribution is 5.61. The lowest BCUT2D eigenvalue weighted by Crippen LogP contribution is -1.85. The molecule has 0 spiro atoms. The Morgan fingerprint density at radius 2 is 1.39 bits per heavy atom. The summed E-state index contributed by atoms with van der Waals surface area (Å²) in [6.07, 6.45) is 11.9. The average Bonchev–Trinajstić information content (AvgIpc) is 2.42. The Bertz CT molecular complexity index is 310. The molecule has 0 N–H and O–H groups in total. The summed E-state index contributed by atoms with van der Waals surface area (Å²) in [5, 5.41) is 0. The predicted molar refractivity (Wildman–Crippen MR) is 81.4 cm³/mol. The van der Waals surface area contributed by atoms with Crippen molar-refractivity contribution in [2.45, 2.75) is 64.7 Å². The van der Waals surface area contributed by atoms with Gasteiger partial charge in [0.1, 0.15) is 0 Å². The second kappa shape index (κ2) is 9.94. The highest BCUT2D eigenvalue weighted by atomic mass is 14.0. The van der Waals surface area contributed by atoms with Crippen molar-refractivity contribution >= 4 is 5.57 Å². The molecule has 0 nitrogen and oxygen atoms in total. The molecule has 0 saturated carbocycles. The third kappa shape index (κ3) is 6.64. The van der Waals surface area contributed by atoms with Crippen molar-refractivity contribution in [2.75, 3.05) is 0 Å². The summed E-state index contributed by atoms with van der Waals surface area (Å²) in [5.74, 6) is 0. The van der Waals surface area contributed by atoms with Crippen LogP contribution in [0.4, 0.5) is 0 Å². The van der Waals surface area contributed by atoms with Crippen LogP contribution in [0.3, 0.4) is 0 Å². The molecule has 0 fully saturated rings. The first-order chi connectivity index (χ1) is 8.84. The maximum Gasteiger partial charge on any atom is -0.0225 e. The van der Waals surface area contributed by atoms with Crippen LogP contribution in [0.5, 0.6) is 0 Å². The molecule has 1 radical (unpaired) electrons. The fraction of sp³-hybridized carbons (Fsp3) is 0.556. The van der Waals surface area contributed by atoms with Crippen molar-refractivity contribution in [1.82, 2.24) is 0 Å². The molecule has 0 heterocycles. The van der Waals surface area contributed by atoms with Gasteiger partial charge in [-0.3, -0.25) is 0 Å².